The second kappa shape index (κ2) is 6.05. The fraction of sp³-hybridized carbons (Fsp3) is 0.933. The van der Waals surface area contributed by atoms with Crippen molar-refractivity contribution in [2.75, 3.05) is 13.1 Å². The fourth-order valence-electron chi connectivity index (χ4n) is 3.33. The summed E-state index contributed by atoms with van der Waals surface area (Å²) in [6.07, 6.45) is 10.1. The number of nitrogens with two attached hydrogens (primary N) is 1. The Kier molecular flexibility index (Phi) is 4.66. The molecule has 0 radical (unpaired) electrons. The van der Waals surface area contributed by atoms with Crippen molar-refractivity contribution in [3.8, 4) is 0 Å². The van der Waals surface area contributed by atoms with Crippen LogP contribution in [0.1, 0.15) is 64.7 Å². The average molecular weight is 252 g/mol. The maximum absolute atomic E-state index is 12.3. The number of likely N-dealkylation sites (tertiary alicyclic amines) is 1. The quantitative estimate of drug-likeness (QED) is 0.836. The third kappa shape index (κ3) is 3.47. The summed E-state index contributed by atoms with van der Waals surface area (Å²) in [5.74, 6) is 1.14. The van der Waals surface area contributed by atoms with Crippen molar-refractivity contribution in [1.29, 1.82) is 0 Å². The summed E-state index contributed by atoms with van der Waals surface area (Å²) in [6, 6.07) is 0. The van der Waals surface area contributed by atoms with Gasteiger partial charge in [-0.25, -0.2) is 0 Å². The fourth-order valence-corrected chi connectivity index (χ4v) is 3.33. The number of hydrogen-bond donors (Lipinski definition) is 1. The number of carbonyl (C=O) groups is 1. The summed E-state index contributed by atoms with van der Waals surface area (Å²) in [5, 5.41) is 0. The van der Waals surface area contributed by atoms with Gasteiger partial charge < -0.3 is 10.6 Å². The van der Waals surface area contributed by atoms with E-state index in [2.05, 4.69) is 11.8 Å². The highest BCUT2D eigenvalue weighted by atomic mass is 16.2. The lowest BCUT2D eigenvalue weighted by molar-refractivity contribution is -0.133. The minimum absolute atomic E-state index is 0.161. The largest absolute Gasteiger partial charge is 0.343 e. The van der Waals surface area contributed by atoms with Crippen molar-refractivity contribution >= 4 is 5.91 Å². The zero-order chi connectivity index (χ0) is 13.0. The molecule has 3 nitrogen and oxygen atoms in total. The average Bonchev–Trinajstić information content (AvgIpc) is 2.53. The van der Waals surface area contributed by atoms with Crippen LogP contribution in [0.25, 0.3) is 0 Å². The number of hydrogen-bond acceptors (Lipinski definition) is 2. The molecule has 0 aromatic carbocycles. The first-order chi connectivity index (χ1) is 8.63. The Morgan fingerprint density at radius 2 is 2.06 bits per heavy atom. The predicted octanol–water partition coefficient (Wildman–Crippen LogP) is 2.69. The molecule has 1 saturated heterocycles. The van der Waals surface area contributed by atoms with Crippen molar-refractivity contribution in [3.63, 3.8) is 0 Å². The van der Waals surface area contributed by atoms with E-state index in [0.717, 1.165) is 31.8 Å². The molecule has 0 spiro atoms. The van der Waals surface area contributed by atoms with Crippen LogP contribution < -0.4 is 5.73 Å². The van der Waals surface area contributed by atoms with E-state index in [1.807, 2.05) is 0 Å². The molecule has 1 aliphatic carbocycles. The van der Waals surface area contributed by atoms with E-state index in [0.29, 0.717) is 12.3 Å². The van der Waals surface area contributed by atoms with E-state index in [-0.39, 0.29) is 5.54 Å². The molecule has 1 amide bonds. The standard InChI is InChI=1S/C15H28N2O/c1-2-5-13-6-3-10-17(11-7-13)14(18)12-15(16)8-4-9-15/h13H,2-12,16H2,1H3. The van der Waals surface area contributed by atoms with E-state index in [4.69, 9.17) is 5.73 Å². The minimum Gasteiger partial charge on any atom is -0.343 e. The Morgan fingerprint density at radius 3 is 2.67 bits per heavy atom. The zero-order valence-electron chi connectivity index (χ0n) is 11.8. The van der Waals surface area contributed by atoms with Crippen LogP contribution in [0.3, 0.4) is 0 Å². The third-order valence-electron chi connectivity index (χ3n) is 4.75. The first-order valence-electron chi connectivity index (χ1n) is 7.69. The van der Waals surface area contributed by atoms with E-state index in [1.54, 1.807) is 0 Å². The second-order valence-electron chi connectivity index (χ2n) is 6.36. The van der Waals surface area contributed by atoms with Gasteiger partial charge in [-0.3, -0.25) is 4.79 Å². The Bertz CT molecular complexity index is 286. The highest BCUT2D eigenvalue weighted by molar-refractivity contribution is 5.77. The smallest absolute Gasteiger partial charge is 0.224 e. The van der Waals surface area contributed by atoms with Gasteiger partial charge in [-0.2, -0.15) is 0 Å². The topological polar surface area (TPSA) is 46.3 Å². The third-order valence-corrected chi connectivity index (χ3v) is 4.75. The molecule has 1 saturated carbocycles. The zero-order valence-corrected chi connectivity index (χ0v) is 11.8. The molecule has 2 aliphatic rings. The lowest BCUT2D eigenvalue weighted by Gasteiger charge is -2.38. The van der Waals surface area contributed by atoms with Crippen molar-refractivity contribution < 1.29 is 4.79 Å². The van der Waals surface area contributed by atoms with Crippen molar-refractivity contribution in [3.05, 3.63) is 0 Å². The van der Waals surface area contributed by atoms with Gasteiger partial charge in [0.25, 0.3) is 0 Å². The molecule has 2 fully saturated rings. The van der Waals surface area contributed by atoms with Crippen LogP contribution in [0.15, 0.2) is 0 Å². The van der Waals surface area contributed by atoms with Gasteiger partial charge in [-0.05, 0) is 44.4 Å². The molecule has 2 rings (SSSR count). The maximum atomic E-state index is 12.3. The van der Waals surface area contributed by atoms with Gasteiger partial charge in [-0.1, -0.05) is 19.8 Å². The number of rotatable bonds is 4. The van der Waals surface area contributed by atoms with E-state index in [1.165, 1.54) is 38.5 Å². The van der Waals surface area contributed by atoms with Crippen molar-refractivity contribution in [1.82, 2.24) is 4.90 Å². The molecule has 2 N–H and O–H groups in total. The molecular weight excluding hydrogens is 224 g/mol. The molecule has 3 heteroatoms. The van der Waals surface area contributed by atoms with Crippen molar-refractivity contribution in [2.45, 2.75) is 70.3 Å². The molecule has 1 aliphatic heterocycles. The molecule has 0 aromatic heterocycles. The van der Waals surface area contributed by atoms with E-state index in [9.17, 15) is 4.79 Å². The Hall–Kier alpha value is -0.570. The molecule has 1 heterocycles. The number of amides is 1. The van der Waals surface area contributed by atoms with Gasteiger partial charge in [0, 0.05) is 25.0 Å². The number of nitrogens with zero attached hydrogens (tertiary/aromatic N) is 1. The van der Waals surface area contributed by atoms with Crippen LogP contribution in [0.4, 0.5) is 0 Å². The van der Waals surface area contributed by atoms with Gasteiger partial charge in [0.15, 0.2) is 0 Å². The summed E-state index contributed by atoms with van der Waals surface area (Å²) >= 11 is 0. The van der Waals surface area contributed by atoms with Crippen LogP contribution in [0.5, 0.6) is 0 Å². The summed E-state index contributed by atoms with van der Waals surface area (Å²) in [5.41, 5.74) is 6.02. The Morgan fingerprint density at radius 1 is 1.28 bits per heavy atom. The molecule has 1 atom stereocenters. The van der Waals surface area contributed by atoms with Crippen LogP contribution in [0, 0.1) is 5.92 Å². The highest BCUT2D eigenvalue weighted by Crippen LogP contribution is 2.33. The molecule has 0 bridgehead atoms. The lowest BCUT2D eigenvalue weighted by Crippen LogP contribution is -2.50. The first-order valence-corrected chi connectivity index (χ1v) is 7.69. The second-order valence-corrected chi connectivity index (χ2v) is 6.36. The lowest BCUT2D eigenvalue weighted by atomic mass is 9.75. The molecule has 1 unspecified atom stereocenters. The SMILES string of the molecule is CCCC1CCCN(C(=O)CC2(N)CCC2)CC1. The summed E-state index contributed by atoms with van der Waals surface area (Å²) in [4.78, 5) is 14.3. The monoisotopic (exact) mass is 252 g/mol. The van der Waals surface area contributed by atoms with Crippen LogP contribution in [0.2, 0.25) is 0 Å². The maximum Gasteiger partial charge on any atom is 0.224 e. The Labute approximate surface area is 111 Å². The molecular formula is C15H28N2O. The van der Waals surface area contributed by atoms with Gasteiger partial charge in [0.2, 0.25) is 5.91 Å². The predicted molar refractivity (Wildman–Crippen MR) is 74.2 cm³/mol. The molecule has 104 valence electrons. The van der Waals surface area contributed by atoms with Crippen LogP contribution >= 0.6 is 0 Å². The van der Waals surface area contributed by atoms with Gasteiger partial charge in [-0.15, -0.1) is 0 Å². The van der Waals surface area contributed by atoms with Gasteiger partial charge >= 0.3 is 0 Å². The summed E-state index contributed by atoms with van der Waals surface area (Å²) in [7, 11) is 0. The van der Waals surface area contributed by atoms with Crippen molar-refractivity contribution in [2.24, 2.45) is 11.7 Å². The Balaban J connectivity index is 1.80. The summed E-state index contributed by atoms with van der Waals surface area (Å²) in [6.45, 7) is 4.16. The highest BCUT2D eigenvalue weighted by Gasteiger charge is 2.36. The van der Waals surface area contributed by atoms with Gasteiger partial charge in [0.1, 0.15) is 0 Å². The van der Waals surface area contributed by atoms with Crippen LogP contribution in [-0.2, 0) is 4.79 Å². The number of carbonyl (C=O) groups excluding carboxylic acids is 1. The molecule has 18 heavy (non-hydrogen) atoms. The van der Waals surface area contributed by atoms with Gasteiger partial charge in [0.05, 0.1) is 0 Å². The van der Waals surface area contributed by atoms with Crippen LogP contribution in [-0.4, -0.2) is 29.4 Å². The van der Waals surface area contributed by atoms with E-state index < -0.39 is 0 Å². The normalized spacial score (nSPS) is 27.4. The summed E-state index contributed by atoms with van der Waals surface area (Å²) < 4.78 is 0. The van der Waals surface area contributed by atoms with E-state index >= 15 is 0 Å². The molecule has 0 aromatic rings. The minimum atomic E-state index is -0.161. The first kappa shape index (κ1) is 13.9.